The van der Waals surface area contributed by atoms with Gasteiger partial charge in [-0.25, -0.2) is 0 Å². The van der Waals surface area contributed by atoms with Gasteiger partial charge >= 0.3 is 0 Å². The Labute approximate surface area is 127 Å². The number of aliphatic hydroxyl groups excluding tert-OH is 2. The highest BCUT2D eigenvalue weighted by molar-refractivity contribution is 5.19. The molecule has 3 rings (SSSR count). The summed E-state index contributed by atoms with van der Waals surface area (Å²) in [5.41, 5.74) is 1.49. The molecule has 1 heterocycles. The predicted octanol–water partition coefficient (Wildman–Crippen LogP) is 2.39. The molecule has 2 fully saturated rings. The topological polar surface area (TPSA) is 43.7 Å². The van der Waals surface area contributed by atoms with Crippen LogP contribution in [0.25, 0.3) is 0 Å². The van der Waals surface area contributed by atoms with Crippen molar-refractivity contribution in [1.82, 2.24) is 4.90 Å². The zero-order valence-corrected chi connectivity index (χ0v) is 12.7. The van der Waals surface area contributed by atoms with E-state index in [0.29, 0.717) is 0 Å². The smallest absolute Gasteiger partial charge is 0.0683 e. The van der Waals surface area contributed by atoms with E-state index in [2.05, 4.69) is 35.2 Å². The molecule has 0 amide bonds. The Hall–Kier alpha value is -0.900. The summed E-state index contributed by atoms with van der Waals surface area (Å²) in [6.45, 7) is 1.96. The molecular weight excluding hydrogens is 262 g/mol. The van der Waals surface area contributed by atoms with Crippen LogP contribution in [0, 0.1) is 5.92 Å². The maximum atomic E-state index is 9.77. The van der Waals surface area contributed by atoms with E-state index in [4.69, 9.17) is 0 Å². The molecule has 0 radical (unpaired) electrons. The predicted molar refractivity (Wildman–Crippen MR) is 84.2 cm³/mol. The van der Waals surface area contributed by atoms with Gasteiger partial charge in [-0.15, -0.1) is 0 Å². The van der Waals surface area contributed by atoms with Crippen LogP contribution >= 0.6 is 0 Å². The quantitative estimate of drug-likeness (QED) is 0.894. The second kappa shape index (κ2) is 6.91. The van der Waals surface area contributed by atoms with Crippen LogP contribution in [0.1, 0.15) is 43.6 Å². The first-order chi connectivity index (χ1) is 10.3. The van der Waals surface area contributed by atoms with Crippen molar-refractivity contribution in [2.75, 3.05) is 19.7 Å². The molecule has 0 spiro atoms. The average molecular weight is 289 g/mol. The minimum absolute atomic E-state index is 0.173. The summed E-state index contributed by atoms with van der Waals surface area (Å²) in [6.07, 6.45) is 5.57. The van der Waals surface area contributed by atoms with Crippen molar-refractivity contribution in [3.05, 3.63) is 35.9 Å². The van der Waals surface area contributed by atoms with E-state index in [0.717, 1.165) is 31.3 Å². The average Bonchev–Trinajstić information content (AvgIpc) is 2.88. The van der Waals surface area contributed by atoms with Crippen molar-refractivity contribution in [3.63, 3.8) is 0 Å². The Morgan fingerprint density at radius 3 is 2.43 bits per heavy atom. The zero-order chi connectivity index (χ0) is 14.7. The van der Waals surface area contributed by atoms with Gasteiger partial charge in [0.05, 0.1) is 12.7 Å². The molecule has 3 heteroatoms. The number of nitrogens with zero attached hydrogens (tertiary/aromatic N) is 1. The van der Waals surface area contributed by atoms with Crippen LogP contribution in [-0.2, 0) is 0 Å². The van der Waals surface area contributed by atoms with Gasteiger partial charge in [-0.3, -0.25) is 4.90 Å². The minimum Gasteiger partial charge on any atom is -0.395 e. The number of aliphatic hydroxyl groups is 2. The molecule has 0 unspecified atom stereocenters. The van der Waals surface area contributed by atoms with Crippen LogP contribution < -0.4 is 0 Å². The van der Waals surface area contributed by atoms with E-state index in [1.807, 2.05) is 0 Å². The Kier molecular flexibility index (Phi) is 4.94. The lowest BCUT2D eigenvalue weighted by Gasteiger charge is -2.33. The Bertz CT molecular complexity index is 428. The largest absolute Gasteiger partial charge is 0.395 e. The molecule has 0 bridgehead atoms. The first-order valence-corrected chi connectivity index (χ1v) is 8.34. The van der Waals surface area contributed by atoms with Gasteiger partial charge in [0.15, 0.2) is 0 Å². The van der Waals surface area contributed by atoms with E-state index in [1.54, 1.807) is 0 Å². The molecular formula is C18H27NO2. The highest BCUT2D eigenvalue weighted by atomic mass is 16.3. The second-order valence-electron chi connectivity index (χ2n) is 6.81. The highest BCUT2D eigenvalue weighted by Crippen LogP contribution is 2.36. The number of β-amino-alcohol motifs (C(OH)–C–C–N with tert-alkyl or cyclic N) is 1. The maximum absolute atomic E-state index is 9.77. The summed E-state index contributed by atoms with van der Waals surface area (Å²) < 4.78 is 0. The van der Waals surface area contributed by atoms with Gasteiger partial charge in [0.2, 0.25) is 0 Å². The van der Waals surface area contributed by atoms with Crippen molar-refractivity contribution < 1.29 is 10.2 Å². The van der Waals surface area contributed by atoms with Crippen LogP contribution in [0.3, 0.4) is 0 Å². The number of hydrogen-bond donors (Lipinski definition) is 2. The molecule has 3 nitrogen and oxygen atoms in total. The Morgan fingerprint density at radius 2 is 1.76 bits per heavy atom. The third-order valence-corrected chi connectivity index (χ3v) is 5.33. The summed E-state index contributed by atoms with van der Waals surface area (Å²) in [6, 6.07) is 11.0. The number of benzene rings is 1. The lowest BCUT2D eigenvalue weighted by atomic mass is 9.78. The fourth-order valence-electron chi connectivity index (χ4n) is 4.11. The lowest BCUT2D eigenvalue weighted by Crippen LogP contribution is -2.37. The van der Waals surface area contributed by atoms with Crippen molar-refractivity contribution in [2.45, 2.75) is 50.2 Å². The van der Waals surface area contributed by atoms with E-state index in [1.165, 1.54) is 31.2 Å². The first-order valence-electron chi connectivity index (χ1n) is 8.34. The van der Waals surface area contributed by atoms with Gasteiger partial charge in [0, 0.05) is 19.1 Å². The summed E-state index contributed by atoms with van der Waals surface area (Å²) in [5, 5.41) is 19.2. The molecule has 1 aliphatic heterocycles. The van der Waals surface area contributed by atoms with Gasteiger partial charge in [-0.2, -0.15) is 0 Å². The first kappa shape index (κ1) is 15.0. The van der Waals surface area contributed by atoms with Crippen LogP contribution in [0.5, 0.6) is 0 Å². The third kappa shape index (κ3) is 3.65. The number of hydrogen-bond acceptors (Lipinski definition) is 3. The number of likely N-dealkylation sites (tertiary alicyclic amines) is 1. The van der Waals surface area contributed by atoms with Crippen LogP contribution in [-0.4, -0.2) is 47.0 Å². The van der Waals surface area contributed by atoms with Gasteiger partial charge in [0.1, 0.15) is 0 Å². The molecule has 1 aromatic rings. The van der Waals surface area contributed by atoms with Gasteiger partial charge in [0.25, 0.3) is 0 Å². The van der Waals surface area contributed by atoms with Crippen LogP contribution in [0.15, 0.2) is 30.3 Å². The van der Waals surface area contributed by atoms with E-state index in [9.17, 15) is 10.2 Å². The maximum Gasteiger partial charge on any atom is 0.0683 e. The molecule has 116 valence electrons. The van der Waals surface area contributed by atoms with Gasteiger partial charge in [-0.1, -0.05) is 30.3 Å². The molecule has 1 aromatic carbocycles. The minimum atomic E-state index is -0.247. The second-order valence-corrected chi connectivity index (χ2v) is 6.81. The van der Waals surface area contributed by atoms with Crippen LogP contribution in [0.2, 0.25) is 0 Å². The highest BCUT2D eigenvalue weighted by Gasteiger charge is 2.32. The standard InChI is InChI=1S/C18H27NO2/c20-13-17-10-18(21)12-19(17)11-14-6-8-16(9-7-14)15-4-2-1-3-5-15/h1-5,14,16-18,20-21H,6-13H2/t14?,16?,17-,18-/m1/s1. The SMILES string of the molecule is OC[C@H]1C[C@@H](O)CN1CC1CCC(c2ccccc2)CC1. The van der Waals surface area contributed by atoms with Crippen molar-refractivity contribution in [2.24, 2.45) is 5.92 Å². The molecule has 0 aromatic heterocycles. The summed E-state index contributed by atoms with van der Waals surface area (Å²) in [4.78, 5) is 2.30. The summed E-state index contributed by atoms with van der Waals surface area (Å²) in [5.74, 6) is 1.45. The normalized spacial score (nSPS) is 34.2. The van der Waals surface area contributed by atoms with E-state index in [-0.39, 0.29) is 18.8 Å². The van der Waals surface area contributed by atoms with E-state index >= 15 is 0 Å². The molecule has 1 saturated carbocycles. The van der Waals surface area contributed by atoms with Gasteiger partial charge in [-0.05, 0) is 49.5 Å². The molecule has 1 aliphatic carbocycles. The molecule has 2 N–H and O–H groups in total. The fourth-order valence-corrected chi connectivity index (χ4v) is 4.11. The van der Waals surface area contributed by atoms with E-state index < -0.39 is 0 Å². The Morgan fingerprint density at radius 1 is 1.05 bits per heavy atom. The lowest BCUT2D eigenvalue weighted by molar-refractivity contribution is 0.125. The molecule has 21 heavy (non-hydrogen) atoms. The summed E-state index contributed by atoms with van der Waals surface area (Å²) >= 11 is 0. The Balaban J connectivity index is 1.50. The van der Waals surface area contributed by atoms with Crippen molar-refractivity contribution in [1.29, 1.82) is 0 Å². The van der Waals surface area contributed by atoms with Crippen LogP contribution in [0.4, 0.5) is 0 Å². The summed E-state index contributed by atoms with van der Waals surface area (Å²) in [7, 11) is 0. The molecule has 1 saturated heterocycles. The van der Waals surface area contributed by atoms with Gasteiger partial charge < -0.3 is 10.2 Å². The fraction of sp³-hybridized carbons (Fsp3) is 0.667. The monoisotopic (exact) mass is 289 g/mol. The molecule has 2 atom stereocenters. The number of rotatable bonds is 4. The molecule has 2 aliphatic rings. The van der Waals surface area contributed by atoms with Crippen molar-refractivity contribution in [3.8, 4) is 0 Å². The zero-order valence-electron chi connectivity index (χ0n) is 12.7. The third-order valence-electron chi connectivity index (χ3n) is 5.33. The van der Waals surface area contributed by atoms with Crippen molar-refractivity contribution >= 4 is 0 Å².